The Morgan fingerprint density at radius 1 is 0.917 bits per heavy atom. The van der Waals surface area contributed by atoms with Gasteiger partial charge in [-0.2, -0.15) is 4.98 Å². The molecule has 0 radical (unpaired) electrons. The van der Waals surface area contributed by atoms with Crippen molar-refractivity contribution in [1.29, 1.82) is 0 Å². The van der Waals surface area contributed by atoms with E-state index in [1.165, 1.54) is 0 Å². The summed E-state index contributed by atoms with van der Waals surface area (Å²) in [4.78, 5) is 29.0. The van der Waals surface area contributed by atoms with E-state index in [2.05, 4.69) is 36.2 Å². The molecule has 2 N–H and O–H groups in total. The molecule has 0 fully saturated rings. The van der Waals surface area contributed by atoms with Gasteiger partial charge in [-0.1, -0.05) is 80.0 Å². The molecule has 7 heteroatoms. The predicted octanol–water partition coefficient (Wildman–Crippen LogP) is 5.44. The van der Waals surface area contributed by atoms with Crippen LogP contribution < -0.4 is 5.32 Å². The number of hydrogen-bond donors (Lipinski definition) is 2. The van der Waals surface area contributed by atoms with Gasteiger partial charge in [-0.3, -0.25) is 4.79 Å². The van der Waals surface area contributed by atoms with Crippen molar-refractivity contribution in [3.05, 3.63) is 95.1 Å². The number of nitrogens with zero attached hydrogens (tertiary/aromatic N) is 2. The molecule has 4 aromatic rings. The van der Waals surface area contributed by atoms with E-state index in [1.807, 2.05) is 55.5 Å². The number of carbonyl (C=O) groups excluding carboxylic acids is 1. The number of carboxylic acid groups (broad SMARTS) is 1. The lowest BCUT2D eigenvalue weighted by Crippen LogP contribution is -2.42. The lowest BCUT2D eigenvalue weighted by atomic mass is 9.86. The molecule has 0 saturated heterocycles. The van der Waals surface area contributed by atoms with Crippen LogP contribution in [0.15, 0.2) is 77.3 Å². The number of amides is 1. The monoisotopic (exact) mass is 483 g/mol. The van der Waals surface area contributed by atoms with Crippen molar-refractivity contribution in [1.82, 2.24) is 15.5 Å². The van der Waals surface area contributed by atoms with Crippen LogP contribution in [0.5, 0.6) is 0 Å². The third-order valence-electron chi connectivity index (χ3n) is 5.99. The summed E-state index contributed by atoms with van der Waals surface area (Å²) in [6.07, 6.45) is 0.141. The van der Waals surface area contributed by atoms with Gasteiger partial charge < -0.3 is 14.9 Å². The maximum Gasteiger partial charge on any atom is 0.326 e. The van der Waals surface area contributed by atoms with Crippen LogP contribution in [0.2, 0.25) is 0 Å². The van der Waals surface area contributed by atoms with Crippen LogP contribution >= 0.6 is 0 Å². The molecule has 1 atom stereocenters. The lowest BCUT2D eigenvalue weighted by molar-refractivity contribution is -0.139. The summed E-state index contributed by atoms with van der Waals surface area (Å²) in [5, 5.41) is 16.4. The SMILES string of the molecule is Cc1ccc(-c2nc(-c3ccc(CC(NC(=O)c4ccc(C(C)(C)C)cc4)C(=O)O)cc3)no2)cc1. The molecule has 184 valence electrons. The first kappa shape index (κ1) is 24.9. The summed E-state index contributed by atoms with van der Waals surface area (Å²) >= 11 is 0. The second-order valence-corrected chi connectivity index (χ2v) is 9.88. The van der Waals surface area contributed by atoms with Gasteiger partial charge in [-0.25, -0.2) is 4.79 Å². The highest BCUT2D eigenvalue weighted by atomic mass is 16.5. The van der Waals surface area contributed by atoms with E-state index in [9.17, 15) is 14.7 Å². The van der Waals surface area contributed by atoms with Crippen LogP contribution in [0, 0.1) is 6.92 Å². The van der Waals surface area contributed by atoms with Gasteiger partial charge in [0.1, 0.15) is 6.04 Å². The zero-order valence-electron chi connectivity index (χ0n) is 20.8. The standard InChI is InChI=1S/C29H29N3O4/c1-18-5-9-22(10-6-18)27-31-25(32-36-27)20-11-7-19(8-12-20)17-24(28(34)35)30-26(33)21-13-15-23(16-14-21)29(2,3)4/h5-16,24H,17H2,1-4H3,(H,30,33)(H,34,35). The Balaban J connectivity index is 1.43. The van der Waals surface area contributed by atoms with Crippen molar-refractivity contribution in [3.63, 3.8) is 0 Å². The molecule has 0 saturated carbocycles. The molecule has 0 aliphatic carbocycles. The number of carboxylic acids is 1. The van der Waals surface area contributed by atoms with Gasteiger partial charge in [0.05, 0.1) is 0 Å². The molecule has 1 heterocycles. The Bertz CT molecular complexity index is 1350. The van der Waals surface area contributed by atoms with Crippen molar-refractivity contribution in [2.24, 2.45) is 0 Å². The van der Waals surface area contributed by atoms with E-state index in [-0.39, 0.29) is 11.8 Å². The molecule has 36 heavy (non-hydrogen) atoms. The van der Waals surface area contributed by atoms with E-state index in [4.69, 9.17) is 4.52 Å². The summed E-state index contributed by atoms with van der Waals surface area (Å²) in [5.41, 5.74) is 4.97. The third-order valence-corrected chi connectivity index (χ3v) is 5.99. The minimum atomic E-state index is -1.10. The van der Waals surface area contributed by atoms with Crippen LogP contribution in [0.25, 0.3) is 22.8 Å². The fourth-order valence-corrected chi connectivity index (χ4v) is 3.74. The fraction of sp³-hybridized carbons (Fsp3) is 0.241. The molecule has 0 aliphatic heterocycles. The van der Waals surface area contributed by atoms with Crippen LogP contribution in [0.3, 0.4) is 0 Å². The summed E-state index contributed by atoms with van der Waals surface area (Å²) in [6.45, 7) is 8.29. The Kier molecular flexibility index (Phi) is 7.01. The Morgan fingerprint density at radius 3 is 2.11 bits per heavy atom. The molecular weight excluding hydrogens is 454 g/mol. The zero-order valence-corrected chi connectivity index (χ0v) is 20.8. The van der Waals surface area contributed by atoms with Crippen molar-refractivity contribution in [2.75, 3.05) is 0 Å². The highest BCUT2D eigenvalue weighted by Crippen LogP contribution is 2.24. The molecule has 1 amide bonds. The van der Waals surface area contributed by atoms with Crippen molar-refractivity contribution in [2.45, 2.75) is 45.6 Å². The van der Waals surface area contributed by atoms with Gasteiger partial charge in [-0.15, -0.1) is 0 Å². The fourth-order valence-electron chi connectivity index (χ4n) is 3.74. The van der Waals surface area contributed by atoms with Crippen molar-refractivity contribution in [3.8, 4) is 22.8 Å². The maximum atomic E-state index is 12.7. The number of aryl methyl sites for hydroxylation is 1. The molecule has 0 bridgehead atoms. The molecule has 3 aromatic carbocycles. The largest absolute Gasteiger partial charge is 0.480 e. The second-order valence-electron chi connectivity index (χ2n) is 9.88. The highest BCUT2D eigenvalue weighted by Gasteiger charge is 2.22. The van der Waals surface area contributed by atoms with Crippen LogP contribution in [0.4, 0.5) is 0 Å². The highest BCUT2D eigenvalue weighted by molar-refractivity contribution is 5.96. The van der Waals surface area contributed by atoms with Gasteiger partial charge in [0.15, 0.2) is 0 Å². The van der Waals surface area contributed by atoms with Crippen LogP contribution in [-0.2, 0) is 16.6 Å². The minimum absolute atomic E-state index is 0.0332. The van der Waals surface area contributed by atoms with Crippen molar-refractivity contribution >= 4 is 11.9 Å². The number of nitrogens with one attached hydrogen (secondary N) is 1. The molecule has 7 nitrogen and oxygen atoms in total. The summed E-state index contributed by atoms with van der Waals surface area (Å²) in [5.74, 6) is -0.647. The Morgan fingerprint density at radius 2 is 1.53 bits per heavy atom. The Labute approximate surface area is 210 Å². The van der Waals surface area contributed by atoms with E-state index in [0.717, 1.165) is 27.8 Å². The molecular formula is C29H29N3O4. The van der Waals surface area contributed by atoms with Crippen molar-refractivity contribution < 1.29 is 19.2 Å². The number of carbonyl (C=O) groups is 2. The quantitative estimate of drug-likeness (QED) is 0.363. The van der Waals surface area contributed by atoms with Gasteiger partial charge in [0.25, 0.3) is 11.8 Å². The molecule has 1 aromatic heterocycles. The summed E-state index contributed by atoms with van der Waals surface area (Å²) in [6, 6.07) is 21.2. The zero-order chi connectivity index (χ0) is 25.9. The van der Waals surface area contributed by atoms with E-state index >= 15 is 0 Å². The first-order valence-electron chi connectivity index (χ1n) is 11.7. The molecule has 0 aliphatic rings. The number of rotatable bonds is 7. The van der Waals surface area contributed by atoms with Gasteiger partial charge in [0, 0.05) is 23.1 Å². The molecule has 0 spiro atoms. The number of aromatic nitrogens is 2. The first-order valence-corrected chi connectivity index (χ1v) is 11.7. The van der Waals surface area contributed by atoms with Crippen LogP contribution in [0.1, 0.15) is 47.8 Å². The summed E-state index contributed by atoms with van der Waals surface area (Å²) in [7, 11) is 0. The maximum absolute atomic E-state index is 12.7. The number of hydrogen-bond acceptors (Lipinski definition) is 5. The number of benzene rings is 3. The molecule has 4 rings (SSSR count). The predicted molar refractivity (Wildman–Crippen MR) is 138 cm³/mol. The first-order chi connectivity index (χ1) is 17.1. The third kappa shape index (κ3) is 5.86. The Hall–Kier alpha value is -4.26. The van der Waals surface area contributed by atoms with Gasteiger partial charge in [-0.05, 0) is 47.7 Å². The van der Waals surface area contributed by atoms with E-state index < -0.39 is 17.9 Å². The normalized spacial score (nSPS) is 12.2. The van der Waals surface area contributed by atoms with Gasteiger partial charge >= 0.3 is 5.97 Å². The molecule has 1 unspecified atom stereocenters. The second kappa shape index (κ2) is 10.2. The van der Waals surface area contributed by atoms with E-state index in [0.29, 0.717) is 17.3 Å². The topological polar surface area (TPSA) is 105 Å². The van der Waals surface area contributed by atoms with Crippen LogP contribution in [-0.4, -0.2) is 33.2 Å². The minimum Gasteiger partial charge on any atom is -0.480 e. The number of aliphatic carboxylic acids is 1. The lowest BCUT2D eigenvalue weighted by Gasteiger charge is -2.19. The van der Waals surface area contributed by atoms with Gasteiger partial charge in [0.2, 0.25) is 5.82 Å². The van der Waals surface area contributed by atoms with E-state index in [1.54, 1.807) is 24.3 Å². The average molecular weight is 484 g/mol. The summed E-state index contributed by atoms with van der Waals surface area (Å²) < 4.78 is 5.40. The average Bonchev–Trinajstić information content (AvgIpc) is 3.34. The smallest absolute Gasteiger partial charge is 0.326 e.